The van der Waals surface area contributed by atoms with E-state index in [0.717, 1.165) is 19.4 Å². The van der Waals surface area contributed by atoms with Gasteiger partial charge in [0, 0.05) is 12.2 Å². The predicted octanol–water partition coefficient (Wildman–Crippen LogP) is 2.14. The molecule has 28 heavy (non-hydrogen) atoms. The summed E-state index contributed by atoms with van der Waals surface area (Å²) in [5.74, 6) is 0.310. The Kier molecular flexibility index (Phi) is 5.16. The number of fused-ring (bicyclic) bond motifs is 1. The zero-order valence-corrected chi connectivity index (χ0v) is 15.4. The van der Waals surface area contributed by atoms with Gasteiger partial charge in [-0.25, -0.2) is 0 Å². The van der Waals surface area contributed by atoms with Crippen molar-refractivity contribution in [1.82, 2.24) is 0 Å². The third-order valence-corrected chi connectivity index (χ3v) is 4.90. The molecule has 2 amide bonds. The molecule has 7 nitrogen and oxygen atoms in total. The van der Waals surface area contributed by atoms with Gasteiger partial charge in [0.05, 0.1) is 18.3 Å². The van der Waals surface area contributed by atoms with Crippen LogP contribution in [0.25, 0.3) is 0 Å². The summed E-state index contributed by atoms with van der Waals surface area (Å²) in [6.45, 7) is 1.36. The highest BCUT2D eigenvalue weighted by molar-refractivity contribution is 6.07. The smallest absolute Gasteiger partial charge is 0.260 e. The first kappa shape index (κ1) is 18.3. The molecule has 2 heterocycles. The van der Waals surface area contributed by atoms with E-state index in [1.807, 2.05) is 6.07 Å². The van der Waals surface area contributed by atoms with Gasteiger partial charge < -0.3 is 24.8 Å². The molecule has 0 aromatic heterocycles. The Morgan fingerprint density at radius 3 is 2.64 bits per heavy atom. The molecule has 2 aromatic rings. The number of carbonyl (C=O) groups is 2. The molecule has 2 aliphatic heterocycles. The molecule has 2 aliphatic rings. The van der Waals surface area contributed by atoms with E-state index in [2.05, 4.69) is 0 Å². The van der Waals surface area contributed by atoms with Crippen molar-refractivity contribution in [3.05, 3.63) is 54.1 Å². The van der Waals surface area contributed by atoms with Gasteiger partial charge in [-0.1, -0.05) is 12.1 Å². The summed E-state index contributed by atoms with van der Waals surface area (Å²) in [6.07, 6.45) is 1.33. The Morgan fingerprint density at radius 1 is 1.14 bits per heavy atom. The molecular weight excluding hydrogens is 360 g/mol. The first-order valence-corrected chi connectivity index (χ1v) is 9.33. The van der Waals surface area contributed by atoms with Crippen LogP contribution in [0, 0.1) is 0 Å². The molecular formula is C21H22N2O5. The molecule has 7 heteroatoms. The number of rotatable bonds is 5. The highest BCUT2D eigenvalue weighted by Gasteiger charge is 2.33. The van der Waals surface area contributed by atoms with Gasteiger partial charge in [0.1, 0.15) is 18.1 Å². The Labute approximate surface area is 163 Å². The number of hydrogen-bond acceptors (Lipinski definition) is 5. The van der Waals surface area contributed by atoms with E-state index < -0.39 is 12.0 Å². The topological polar surface area (TPSA) is 91.1 Å². The Hall–Kier alpha value is -3.06. The van der Waals surface area contributed by atoms with E-state index in [0.29, 0.717) is 29.4 Å². The minimum absolute atomic E-state index is 0.0719. The van der Waals surface area contributed by atoms with E-state index in [1.54, 1.807) is 42.5 Å². The average molecular weight is 382 g/mol. The number of amides is 2. The lowest BCUT2D eigenvalue weighted by molar-refractivity contribution is -0.124. The van der Waals surface area contributed by atoms with Crippen molar-refractivity contribution in [2.45, 2.75) is 25.0 Å². The van der Waals surface area contributed by atoms with Gasteiger partial charge in [0.15, 0.2) is 6.10 Å². The standard InChI is InChI=1S/C21H22N2O5/c22-20(24)19-12-23(17-5-1-2-6-18(17)28-19)21(25)14-7-9-15(10-8-14)27-13-16-4-3-11-26-16/h1-2,5-10,16,19H,3-4,11-13H2,(H2,22,24)/t16-,19+/m1/s1. The van der Waals surface area contributed by atoms with Gasteiger partial charge in [0.2, 0.25) is 0 Å². The van der Waals surface area contributed by atoms with Crippen molar-refractivity contribution in [1.29, 1.82) is 0 Å². The van der Waals surface area contributed by atoms with Crippen LogP contribution in [0.4, 0.5) is 5.69 Å². The number of para-hydroxylation sites is 2. The van der Waals surface area contributed by atoms with Crippen LogP contribution >= 0.6 is 0 Å². The van der Waals surface area contributed by atoms with Gasteiger partial charge >= 0.3 is 0 Å². The van der Waals surface area contributed by atoms with E-state index in [1.165, 1.54) is 4.90 Å². The molecule has 1 saturated heterocycles. The second-order valence-corrected chi connectivity index (χ2v) is 6.86. The summed E-state index contributed by atoms with van der Waals surface area (Å²) in [5, 5.41) is 0. The van der Waals surface area contributed by atoms with Crippen molar-refractivity contribution in [2.75, 3.05) is 24.7 Å². The number of nitrogens with zero attached hydrogens (tertiary/aromatic N) is 1. The molecule has 4 rings (SSSR count). The van der Waals surface area contributed by atoms with Gasteiger partial charge in [-0.05, 0) is 49.2 Å². The van der Waals surface area contributed by atoms with Crippen molar-refractivity contribution < 1.29 is 23.8 Å². The average Bonchev–Trinajstić information content (AvgIpc) is 3.25. The van der Waals surface area contributed by atoms with E-state index in [-0.39, 0.29) is 18.6 Å². The third kappa shape index (κ3) is 3.80. The molecule has 1 fully saturated rings. The third-order valence-electron chi connectivity index (χ3n) is 4.90. The molecule has 0 spiro atoms. The van der Waals surface area contributed by atoms with Crippen LogP contribution in [-0.2, 0) is 9.53 Å². The maximum absolute atomic E-state index is 13.1. The molecule has 0 saturated carbocycles. The van der Waals surface area contributed by atoms with Crippen LogP contribution in [-0.4, -0.2) is 43.8 Å². The number of primary amides is 1. The van der Waals surface area contributed by atoms with Crippen LogP contribution in [0.5, 0.6) is 11.5 Å². The van der Waals surface area contributed by atoms with Crippen LogP contribution in [0.15, 0.2) is 48.5 Å². The fraction of sp³-hybridized carbons (Fsp3) is 0.333. The lowest BCUT2D eigenvalue weighted by Gasteiger charge is -2.33. The zero-order valence-electron chi connectivity index (χ0n) is 15.4. The lowest BCUT2D eigenvalue weighted by Crippen LogP contribution is -2.49. The Morgan fingerprint density at radius 2 is 1.93 bits per heavy atom. The molecule has 0 bridgehead atoms. The predicted molar refractivity (Wildman–Crippen MR) is 103 cm³/mol. The monoisotopic (exact) mass is 382 g/mol. The second-order valence-electron chi connectivity index (χ2n) is 6.86. The Bertz CT molecular complexity index is 861. The van der Waals surface area contributed by atoms with Gasteiger partial charge in [-0.2, -0.15) is 0 Å². The van der Waals surface area contributed by atoms with Crippen LogP contribution in [0.3, 0.4) is 0 Å². The fourth-order valence-electron chi connectivity index (χ4n) is 3.39. The normalized spacial score (nSPS) is 20.9. The van der Waals surface area contributed by atoms with E-state index >= 15 is 0 Å². The molecule has 2 N–H and O–H groups in total. The summed E-state index contributed by atoms with van der Waals surface area (Å²) >= 11 is 0. The number of nitrogens with two attached hydrogens (primary N) is 1. The minimum atomic E-state index is -0.882. The van der Waals surface area contributed by atoms with Crippen LogP contribution in [0.2, 0.25) is 0 Å². The number of ether oxygens (including phenoxy) is 3. The summed E-state index contributed by atoms with van der Waals surface area (Å²) in [5.41, 5.74) is 6.51. The van der Waals surface area contributed by atoms with Crippen molar-refractivity contribution in [2.24, 2.45) is 5.73 Å². The number of anilines is 1. The maximum Gasteiger partial charge on any atom is 0.260 e. The summed E-state index contributed by atoms with van der Waals surface area (Å²) in [6, 6.07) is 14.0. The van der Waals surface area contributed by atoms with Crippen molar-refractivity contribution in [3.63, 3.8) is 0 Å². The van der Waals surface area contributed by atoms with Gasteiger partial charge in [-0.15, -0.1) is 0 Å². The Balaban J connectivity index is 1.49. The SMILES string of the molecule is NC(=O)[C@@H]1CN(C(=O)c2ccc(OC[C@H]3CCCO3)cc2)c2ccccc2O1. The highest BCUT2D eigenvalue weighted by atomic mass is 16.5. The second kappa shape index (κ2) is 7.90. The first-order chi connectivity index (χ1) is 13.6. The summed E-state index contributed by atoms with van der Waals surface area (Å²) in [4.78, 5) is 26.2. The lowest BCUT2D eigenvalue weighted by atomic mass is 10.1. The van der Waals surface area contributed by atoms with Crippen LogP contribution in [0.1, 0.15) is 23.2 Å². The van der Waals surface area contributed by atoms with Gasteiger partial charge in [-0.3, -0.25) is 9.59 Å². The number of hydrogen-bond donors (Lipinski definition) is 1. The van der Waals surface area contributed by atoms with Crippen LogP contribution < -0.4 is 20.1 Å². The highest BCUT2D eigenvalue weighted by Crippen LogP contribution is 2.34. The van der Waals surface area contributed by atoms with Crippen molar-refractivity contribution >= 4 is 17.5 Å². The zero-order chi connectivity index (χ0) is 19.5. The molecule has 0 unspecified atom stereocenters. The van der Waals surface area contributed by atoms with Crippen molar-refractivity contribution in [3.8, 4) is 11.5 Å². The largest absolute Gasteiger partial charge is 0.491 e. The quantitative estimate of drug-likeness (QED) is 0.856. The molecule has 2 aromatic carbocycles. The molecule has 0 aliphatic carbocycles. The molecule has 0 radical (unpaired) electrons. The maximum atomic E-state index is 13.1. The summed E-state index contributed by atoms with van der Waals surface area (Å²) < 4.78 is 16.9. The molecule has 146 valence electrons. The number of carbonyl (C=O) groups excluding carboxylic acids is 2. The van der Waals surface area contributed by atoms with E-state index in [9.17, 15) is 9.59 Å². The minimum Gasteiger partial charge on any atom is -0.491 e. The molecule has 2 atom stereocenters. The first-order valence-electron chi connectivity index (χ1n) is 9.33. The van der Waals surface area contributed by atoms with E-state index in [4.69, 9.17) is 19.9 Å². The summed E-state index contributed by atoms with van der Waals surface area (Å²) in [7, 11) is 0. The number of benzene rings is 2. The van der Waals surface area contributed by atoms with Gasteiger partial charge in [0.25, 0.3) is 11.8 Å². The fourth-order valence-corrected chi connectivity index (χ4v) is 3.39.